The first-order valence-corrected chi connectivity index (χ1v) is 7.05. The quantitative estimate of drug-likeness (QED) is 0.645. The molecule has 2 unspecified atom stereocenters. The number of allylic oxidation sites excluding steroid dienone is 1. The lowest BCUT2D eigenvalue weighted by Gasteiger charge is -2.38. The van der Waals surface area contributed by atoms with Crippen LogP contribution in [0.25, 0.3) is 0 Å². The molecule has 0 saturated heterocycles. The van der Waals surface area contributed by atoms with E-state index in [1.807, 2.05) is 0 Å². The number of ketones is 2. The number of nitrogens with two attached hydrogens (primary N) is 2. The van der Waals surface area contributed by atoms with Crippen molar-refractivity contribution in [3.63, 3.8) is 0 Å². The molecular weight excluding hydrogens is 324 g/mol. The van der Waals surface area contributed by atoms with E-state index in [1.54, 1.807) is 12.1 Å². The standard InChI is InChI=1S/C17H10N4O4/c18-5-9-10(6-19)17(21,16(24)25)12-11(13(9)20)14(22)7-3-1-2-4-8(7)15(12)23/h1-4,10H,20-21H2,(H,24,25). The van der Waals surface area contributed by atoms with Gasteiger partial charge in [-0.3, -0.25) is 9.59 Å². The van der Waals surface area contributed by atoms with E-state index in [2.05, 4.69) is 0 Å². The highest BCUT2D eigenvalue weighted by atomic mass is 16.4. The zero-order chi connectivity index (χ0) is 18.5. The predicted octanol–water partition coefficient (Wildman–Crippen LogP) is 0.0341. The van der Waals surface area contributed by atoms with E-state index < -0.39 is 45.7 Å². The van der Waals surface area contributed by atoms with Crippen molar-refractivity contribution < 1.29 is 19.5 Å². The third-order valence-electron chi connectivity index (χ3n) is 4.44. The molecule has 122 valence electrons. The molecule has 5 N–H and O–H groups in total. The van der Waals surface area contributed by atoms with Crippen LogP contribution in [0.4, 0.5) is 0 Å². The zero-order valence-corrected chi connectivity index (χ0v) is 12.6. The Balaban J connectivity index is 2.47. The average Bonchev–Trinajstić information content (AvgIpc) is 2.60. The Labute approximate surface area is 141 Å². The number of nitriles is 2. The van der Waals surface area contributed by atoms with Crippen molar-refractivity contribution in [1.82, 2.24) is 0 Å². The molecule has 0 saturated carbocycles. The van der Waals surface area contributed by atoms with Crippen molar-refractivity contribution in [2.75, 3.05) is 0 Å². The summed E-state index contributed by atoms with van der Waals surface area (Å²) in [6.45, 7) is 0. The van der Waals surface area contributed by atoms with Gasteiger partial charge in [0.05, 0.1) is 29.0 Å². The molecule has 1 aromatic rings. The van der Waals surface area contributed by atoms with Crippen LogP contribution in [0.5, 0.6) is 0 Å². The maximum atomic E-state index is 12.9. The van der Waals surface area contributed by atoms with Gasteiger partial charge >= 0.3 is 5.97 Å². The van der Waals surface area contributed by atoms with Gasteiger partial charge in [-0.2, -0.15) is 10.5 Å². The Morgan fingerprint density at radius 2 is 1.72 bits per heavy atom. The Morgan fingerprint density at radius 3 is 2.20 bits per heavy atom. The highest BCUT2D eigenvalue weighted by Crippen LogP contribution is 2.44. The van der Waals surface area contributed by atoms with Crippen LogP contribution in [0.3, 0.4) is 0 Å². The molecule has 0 aromatic heterocycles. The van der Waals surface area contributed by atoms with Crippen molar-refractivity contribution in [2.24, 2.45) is 17.4 Å². The van der Waals surface area contributed by atoms with Gasteiger partial charge in [-0.15, -0.1) is 0 Å². The van der Waals surface area contributed by atoms with Gasteiger partial charge in [0.2, 0.25) is 0 Å². The number of carboxylic acid groups (broad SMARTS) is 1. The summed E-state index contributed by atoms with van der Waals surface area (Å²) in [5.74, 6) is -4.90. The lowest BCUT2D eigenvalue weighted by Crippen LogP contribution is -2.61. The summed E-state index contributed by atoms with van der Waals surface area (Å²) in [6, 6.07) is 9.09. The third kappa shape index (κ3) is 1.80. The first-order valence-electron chi connectivity index (χ1n) is 7.05. The van der Waals surface area contributed by atoms with E-state index in [1.165, 1.54) is 24.3 Å². The van der Waals surface area contributed by atoms with E-state index in [-0.39, 0.29) is 16.8 Å². The summed E-state index contributed by atoms with van der Waals surface area (Å²) in [5, 5.41) is 28.3. The molecule has 0 amide bonds. The average molecular weight is 334 g/mol. The van der Waals surface area contributed by atoms with Gasteiger partial charge in [0, 0.05) is 16.7 Å². The number of hydrogen-bond acceptors (Lipinski definition) is 7. The van der Waals surface area contributed by atoms with Crippen LogP contribution in [-0.2, 0) is 4.79 Å². The maximum absolute atomic E-state index is 12.9. The number of Topliss-reactive ketones (excluding diaryl/α,β-unsaturated/α-hetero) is 2. The van der Waals surface area contributed by atoms with Crippen molar-refractivity contribution in [3.8, 4) is 12.1 Å². The second kappa shape index (κ2) is 5.13. The molecule has 2 aliphatic rings. The van der Waals surface area contributed by atoms with E-state index in [0.717, 1.165) is 0 Å². The smallest absolute Gasteiger partial charge is 0.330 e. The van der Waals surface area contributed by atoms with Crippen molar-refractivity contribution in [3.05, 3.63) is 57.8 Å². The Hall–Kier alpha value is -3.75. The Bertz CT molecular complexity index is 1020. The fourth-order valence-corrected chi connectivity index (χ4v) is 3.21. The van der Waals surface area contributed by atoms with Gasteiger partial charge in [-0.25, -0.2) is 4.79 Å². The number of fused-ring (bicyclic) bond motifs is 1. The molecule has 1 aromatic carbocycles. The van der Waals surface area contributed by atoms with Crippen molar-refractivity contribution in [2.45, 2.75) is 5.54 Å². The highest BCUT2D eigenvalue weighted by molar-refractivity contribution is 6.31. The molecule has 3 rings (SSSR count). The van der Waals surface area contributed by atoms with E-state index in [4.69, 9.17) is 11.5 Å². The summed E-state index contributed by atoms with van der Waals surface area (Å²) in [6.07, 6.45) is 0. The number of benzene rings is 1. The largest absolute Gasteiger partial charge is 0.480 e. The minimum Gasteiger partial charge on any atom is -0.480 e. The van der Waals surface area contributed by atoms with Crippen LogP contribution >= 0.6 is 0 Å². The number of carbonyl (C=O) groups excluding carboxylic acids is 2. The van der Waals surface area contributed by atoms with Crippen LogP contribution in [0.15, 0.2) is 46.7 Å². The second-order valence-corrected chi connectivity index (χ2v) is 5.63. The van der Waals surface area contributed by atoms with Gasteiger partial charge in [-0.05, 0) is 0 Å². The molecule has 0 fully saturated rings. The third-order valence-corrected chi connectivity index (χ3v) is 4.44. The van der Waals surface area contributed by atoms with Crippen molar-refractivity contribution in [1.29, 1.82) is 10.5 Å². The van der Waals surface area contributed by atoms with E-state index in [0.29, 0.717) is 0 Å². The Kier molecular flexibility index (Phi) is 3.31. The molecule has 2 aliphatic carbocycles. The first-order chi connectivity index (χ1) is 11.8. The van der Waals surface area contributed by atoms with Gasteiger partial charge < -0.3 is 16.6 Å². The predicted molar refractivity (Wildman–Crippen MR) is 82.6 cm³/mol. The van der Waals surface area contributed by atoms with Crippen LogP contribution in [0, 0.1) is 28.6 Å². The molecule has 8 nitrogen and oxygen atoms in total. The van der Waals surface area contributed by atoms with E-state index in [9.17, 15) is 30.0 Å². The van der Waals surface area contributed by atoms with Gasteiger partial charge in [-0.1, -0.05) is 24.3 Å². The minimum absolute atomic E-state index is 0.0211. The van der Waals surface area contributed by atoms with Crippen molar-refractivity contribution >= 4 is 17.5 Å². The molecule has 25 heavy (non-hydrogen) atoms. The first kappa shape index (κ1) is 16.1. The fraction of sp³-hybridized carbons (Fsp3) is 0.118. The summed E-state index contributed by atoms with van der Waals surface area (Å²) in [5.41, 5.74) is 7.47. The van der Waals surface area contributed by atoms with Gasteiger partial charge in [0.25, 0.3) is 0 Å². The normalized spacial score (nSPS) is 25.0. The number of carboxylic acids is 1. The summed E-state index contributed by atoms with van der Waals surface area (Å²) < 4.78 is 0. The van der Waals surface area contributed by atoms with Gasteiger partial charge in [0.1, 0.15) is 5.92 Å². The molecule has 0 radical (unpaired) electrons. The summed E-state index contributed by atoms with van der Waals surface area (Å²) in [4.78, 5) is 37.6. The number of nitrogens with zero attached hydrogens (tertiary/aromatic N) is 2. The zero-order valence-electron chi connectivity index (χ0n) is 12.6. The fourth-order valence-electron chi connectivity index (χ4n) is 3.21. The monoisotopic (exact) mass is 334 g/mol. The molecule has 0 aliphatic heterocycles. The van der Waals surface area contributed by atoms with Crippen LogP contribution in [-0.4, -0.2) is 28.2 Å². The Morgan fingerprint density at radius 1 is 1.16 bits per heavy atom. The highest BCUT2D eigenvalue weighted by Gasteiger charge is 2.57. The number of rotatable bonds is 1. The number of hydrogen-bond donors (Lipinski definition) is 3. The molecule has 0 heterocycles. The second-order valence-electron chi connectivity index (χ2n) is 5.63. The lowest BCUT2D eigenvalue weighted by atomic mass is 9.63. The maximum Gasteiger partial charge on any atom is 0.330 e. The molecule has 0 spiro atoms. The van der Waals surface area contributed by atoms with E-state index >= 15 is 0 Å². The van der Waals surface area contributed by atoms with Crippen LogP contribution < -0.4 is 11.5 Å². The SMILES string of the molecule is N#CC1=C(N)C2=C(C(=O)c3ccccc3C2=O)C(N)(C(=O)O)C1C#N. The van der Waals surface area contributed by atoms with Gasteiger partial charge in [0.15, 0.2) is 17.1 Å². The number of carbonyl (C=O) groups is 3. The lowest BCUT2D eigenvalue weighted by molar-refractivity contribution is -0.142. The number of aliphatic carboxylic acids is 1. The minimum atomic E-state index is -2.56. The summed E-state index contributed by atoms with van der Waals surface area (Å²) in [7, 11) is 0. The molecule has 0 bridgehead atoms. The van der Waals surface area contributed by atoms with Crippen LogP contribution in [0.2, 0.25) is 0 Å². The van der Waals surface area contributed by atoms with Crippen LogP contribution in [0.1, 0.15) is 20.7 Å². The molecule has 8 heteroatoms. The topological polar surface area (TPSA) is 171 Å². The summed E-state index contributed by atoms with van der Waals surface area (Å²) >= 11 is 0. The molecule has 2 atom stereocenters. The molecular formula is C17H10N4O4.